The predicted molar refractivity (Wildman–Crippen MR) is 276 cm³/mol. The predicted octanol–water partition coefficient (Wildman–Crippen LogP) is 10.1. The van der Waals surface area contributed by atoms with Crippen molar-refractivity contribution >= 4 is 128 Å². The Hall–Kier alpha value is -5.62. The second-order valence-corrected chi connectivity index (χ2v) is 18.4. The number of nitrogens with two attached hydrogens (primary N) is 1. The molecule has 20 heteroatoms. The molecule has 0 unspecified atom stereocenters. The van der Waals surface area contributed by atoms with E-state index in [9.17, 15) is 19.2 Å². The zero-order valence-corrected chi connectivity index (χ0v) is 41.9. The lowest BCUT2D eigenvalue weighted by atomic mass is 9.85. The van der Waals surface area contributed by atoms with Crippen LogP contribution in [0.25, 0.3) is 21.9 Å². The number of fused-ring (bicyclic) bond motifs is 2. The minimum atomic E-state index is -0.527. The highest BCUT2D eigenvalue weighted by molar-refractivity contribution is 6.30. The number of halogens is 4. The van der Waals surface area contributed by atoms with Crippen LogP contribution in [0.1, 0.15) is 72.5 Å². The van der Waals surface area contributed by atoms with E-state index >= 15 is 0 Å². The zero-order chi connectivity index (χ0) is 47.2. The molecule has 4 heterocycles. The summed E-state index contributed by atoms with van der Waals surface area (Å²) in [6.45, 7) is 0. The Balaban J connectivity index is 0.000000247. The van der Waals surface area contributed by atoms with E-state index in [1.165, 1.54) is 12.4 Å². The number of hydrogen-bond acceptors (Lipinski definition) is 12. The molecule has 4 aromatic heterocycles. The van der Waals surface area contributed by atoms with Crippen LogP contribution in [0.5, 0.6) is 0 Å². The van der Waals surface area contributed by atoms with Crippen LogP contribution in [0.3, 0.4) is 0 Å². The van der Waals surface area contributed by atoms with Crippen molar-refractivity contribution in [1.29, 1.82) is 0 Å². The molecular weight excluding hydrogens is 954 g/mol. The molecule has 0 atom stereocenters. The molecule has 2 fully saturated rings. The molecule has 364 valence electrons. The van der Waals surface area contributed by atoms with Crippen LogP contribution in [-0.2, 0) is 9.59 Å². The zero-order valence-electron chi connectivity index (χ0n) is 38.7. The molecule has 0 bridgehead atoms. The van der Waals surface area contributed by atoms with Crippen molar-refractivity contribution in [2.75, 3.05) is 74.2 Å². The summed E-state index contributed by atoms with van der Waals surface area (Å²) < 4.78 is 11.7. The van der Waals surface area contributed by atoms with Crippen LogP contribution in [0.2, 0.25) is 10.0 Å². The SMILES string of the molecule is CN(C)C1CCC(C(=O)Nc2c(C(=O)Nc3ccc(Cl)cn3)oc3ccc(N)cc23)CC1.CN(C)c1ccc2oc(C(=O)Nc3ccc(Cl)cn3)c(NC(=O)C3CCC(N(C)C)CC3)c2c1.Cl.Cl. The van der Waals surface area contributed by atoms with Gasteiger partial charge in [-0.15, -0.1) is 24.8 Å². The van der Waals surface area contributed by atoms with E-state index in [4.69, 9.17) is 37.8 Å². The van der Waals surface area contributed by atoms with Gasteiger partial charge in [0.05, 0.1) is 10.0 Å². The number of amides is 4. The van der Waals surface area contributed by atoms with Crippen LogP contribution in [0.4, 0.5) is 34.4 Å². The lowest BCUT2D eigenvalue weighted by Gasteiger charge is -2.31. The van der Waals surface area contributed by atoms with Gasteiger partial charge in [0.2, 0.25) is 23.3 Å². The number of rotatable bonds is 11. The fourth-order valence-electron chi connectivity index (χ4n) is 8.45. The molecule has 6 N–H and O–H groups in total. The van der Waals surface area contributed by atoms with Crippen LogP contribution in [0, 0.1) is 11.8 Å². The van der Waals surface area contributed by atoms with Gasteiger partial charge in [-0.1, -0.05) is 23.2 Å². The van der Waals surface area contributed by atoms with Gasteiger partial charge in [0.25, 0.3) is 11.8 Å². The van der Waals surface area contributed by atoms with Crippen LogP contribution in [0.15, 0.2) is 81.9 Å². The second-order valence-electron chi connectivity index (χ2n) is 17.5. The molecule has 0 aliphatic heterocycles. The third-order valence-electron chi connectivity index (χ3n) is 12.3. The first-order chi connectivity index (χ1) is 31.5. The lowest BCUT2D eigenvalue weighted by Crippen LogP contribution is -2.35. The Morgan fingerprint density at radius 1 is 0.574 bits per heavy atom. The highest BCUT2D eigenvalue weighted by atomic mass is 35.5. The van der Waals surface area contributed by atoms with Gasteiger partial charge in [-0.3, -0.25) is 19.2 Å². The Labute approximate surface area is 417 Å². The smallest absolute Gasteiger partial charge is 0.294 e. The number of carbonyl (C=O) groups is 4. The molecule has 2 aliphatic carbocycles. The van der Waals surface area contributed by atoms with Gasteiger partial charge in [0.15, 0.2) is 0 Å². The molecule has 0 saturated heterocycles. The van der Waals surface area contributed by atoms with E-state index in [0.717, 1.165) is 57.1 Å². The fraction of sp³-hybridized carbons (Fsp3) is 0.375. The van der Waals surface area contributed by atoms with Gasteiger partial charge in [-0.25, -0.2) is 9.97 Å². The molecule has 8 rings (SSSR count). The summed E-state index contributed by atoms with van der Waals surface area (Å²) in [7, 11) is 12.1. The average Bonchev–Trinajstić information content (AvgIpc) is 3.85. The minimum Gasteiger partial charge on any atom is -0.449 e. The quantitative estimate of drug-likeness (QED) is 0.0770. The van der Waals surface area contributed by atoms with E-state index in [0.29, 0.717) is 72.8 Å². The minimum absolute atomic E-state index is 0. The van der Waals surface area contributed by atoms with E-state index < -0.39 is 11.8 Å². The van der Waals surface area contributed by atoms with Crippen molar-refractivity contribution in [3.8, 4) is 0 Å². The maximum atomic E-state index is 13.2. The molecule has 0 spiro atoms. The molecule has 2 aromatic carbocycles. The summed E-state index contributed by atoms with van der Waals surface area (Å²) >= 11 is 11.8. The fourth-order valence-corrected chi connectivity index (χ4v) is 8.68. The van der Waals surface area contributed by atoms with Crippen LogP contribution in [-0.4, -0.2) is 97.8 Å². The number of anilines is 6. The molecule has 4 amide bonds. The Kier molecular flexibility index (Phi) is 18.5. The third-order valence-corrected chi connectivity index (χ3v) is 12.8. The normalized spacial score (nSPS) is 17.9. The number of nitrogen functional groups attached to an aromatic ring is 1. The largest absolute Gasteiger partial charge is 0.449 e. The van der Waals surface area contributed by atoms with Gasteiger partial charge >= 0.3 is 0 Å². The molecular formula is C48H58Cl4N10O6. The monoisotopic (exact) mass is 1010 g/mol. The van der Waals surface area contributed by atoms with Crippen molar-refractivity contribution in [2.24, 2.45) is 11.8 Å². The second kappa shape index (κ2) is 23.6. The molecule has 2 saturated carbocycles. The number of hydrogen-bond donors (Lipinski definition) is 5. The maximum Gasteiger partial charge on any atom is 0.294 e. The van der Waals surface area contributed by atoms with E-state index in [1.807, 2.05) is 31.1 Å². The number of benzene rings is 2. The first kappa shape index (κ1) is 53.3. The maximum absolute atomic E-state index is 13.2. The number of furan rings is 2. The Morgan fingerprint density at radius 2 is 0.985 bits per heavy atom. The summed E-state index contributed by atoms with van der Waals surface area (Å²) in [5, 5.41) is 13.6. The van der Waals surface area contributed by atoms with E-state index in [1.54, 1.807) is 48.5 Å². The summed E-state index contributed by atoms with van der Waals surface area (Å²) in [6.07, 6.45) is 9.95. The van der Waals surface area contributed by atoms with Gasteiger partial charge in [-0.2, -0.15) is 0 Å². The first-order valence-corrected chi connectivity index (χ1v) is 22.7. The van der Waals surface area contributed by atoms with Gasteiger partial charge in [0.1, 0.15) is 34.2 Å². The summed E-state index contributed by atoms with van der Waals surface area (Å²) in [6, 6.07) is 18.1. The van der Waals surface area contributed by atoms with Gasteiger partial charge in [0, 0.05) is 72.6 Å². The average molecular weight is 1010 g/mol. The van der Waals surface area contributed by atoms with Crippen LogP contribution >= 0.6 is 48.0 Å². The van der Waals surface area contributed by atoms with Crippen molar-refractivity contribution < 1.29 is 28.0 Å². The summed E-state index contributed by atoms with van der Waals surface area (Å²) in [4.78, 5) is 67.0. The highest BCUT2D eigenvalue weighted by Gasteiger charge is 2.32. The summed E-state index contributed by atoms with van der Waals surface area (Å²) in [5.41, 5.74) is 9.06. The number of nitrogens with zero attached hydrogens (tertiary/aromatic N) is 5. The third kappa shape index (κ3) is 12.9. The first-order valence-electron chi connectivity index (χ1n) is 21.9. The van der Waals surface area contributed by atoms with Crippen molar-refractivity contribution in [1.82, 2.24) is 19.8 Å². The molecule has 2 aliphatic rings. The van der Waals surface area contributed by atoms with Gasteiger partial charge in [-0.05, 0) is 140 Å². The number of nitrogens with one attached hydrogen (secondary N) is 4. The standard InChI is InChI=1S/C25H30ClN5O3.C23H26ClN5O3.2ClH/c1-30(2)17-8-5-15(6-9-17)24(32)29-22-19-13-18(31(3)4)10-11-20(19)34-23(22)25(33)28-21-12-7-16(26)14-27-21;1-29(2)16-7-3-13(4-8-16)22(30)28-20-17-11-15(25)6-9-18(17)32-21(20)23(31)27-19-10-5-14(24)12-26-19;;/h7,10-15,17H,5-6,8-9H2,1-4H3,(H,29,32)(H,27,28,33);5-6,9-13,16H,3-4,7-8,25H2,1-2H3,(H,28,30)(H,26,27,31);2*1H. The topological polar surface area (TPSA) is 204 Å². The van der Waals surface area contributed by atoms with Crippen molar-refractivity contribution in [2.45, 2.75) is 63.5 Å². The molecule has 0 radical (unpaired) electrons. The lowest BCUT2D eigenvalue weighted by molar-refractivity contribution is -0.121. The van der Waals surface area contributed by atoms with E-state index in [-0.39, 0.29) is 60.0 Å². The van der Waals surface area contributed by atoms with Gasteiger partial charge < -0.3 is 50.5 Å². The summed E-state index contributed by atoms with van der Waals surface area (Å²) in [5.74, 6) is -0.763. The molecule has 6 aromatic rings. The Bertz CT molecular complexity index is 2690. The van der Waals surface area contributed by atoms with Crippen molar-refractivity contribution in [3.63, 3.8) is 0 Å². The molecule has 16 nitrogen and oxygen atoms in total. The molecule has 68 heavy (non-hydrogen) atoms. The number of pyridine rings is 2. The number of aromatic nitrogens is 2. The van der Waals surface area contributed by atoms with Crippen molar-refractivity contribution in [3.05, 3.63) is 94.6 Å². The Morgan fingerprint density at radius 3 is 1.37 bits per heavy atom. The number of carbonyl (C=O) groups excluding carboxylic acids is 4. The highest BCUT2D eigenvalue weighted by Crippen LogP contribution is 2.37. The van der Waals surface area contributed by atoms with E-state index in [2.05, 4.69) is 69.2 Å². The van der Waals surface area contributed by atoms with Crippen LogP contribution < -0.4 is 31.9 Å².